The van der Waals surface area contributed by atoms with Crippen LogP contribution in [0.4, 0.5) is 0 Å². The van der Waals surface area contributed by atoms with Crippen LogP contribution in [0, 0.1) is 11.8 Å². The smallest absolute Gasteiger partial charge is 0.0229 e. The molecule has 0 fully saturated rings. The van der Waals surface area contributed by atoms with Crippen LogP contribution in [0.2, 0.25) is 0 Å². The van der Waals surface area contributed by atoms with E-state index < -0.39 is 0 Å². The molecule has 2 atom stereocenters. The van der Waals surface area contributed by atoms with Gasteiger partial charge in [0.05, 0.1) is 0 Å². The van der Waals surface area contributed by atoms with Gasteiger partial charge in [-0.1, -0.05) is 27.4 Å². The predicted octanol–water partition coefficient (Wildman–Crippen LogP) is 2.79. The Morgan fingerprint density at radius 2 is 1.82 bits per heavy atom. The second kappa shape index (κ2) is 5.22. The molecule has 0 saturated heterocycles. The molecule has 0 aromatic heterocycles. The molecule has 1 unspecified atom stereocenters. The second-order valence-corrected chi connectivity index (χ2v) is 3.73. The first-order valence-electron chi connectivity index (χ1n) is 4.44. The Bertz CT molecular complexity index is 107. The van der Waals surface area contributed by atoms with Crippen LogP contribution in [0.5, 0.6) is 0 Å². The van der Waals surface area contributed by atoms with E-state index >= 15 is 0 Å². The summed E-state index contributed by atoms with van der Waals surface area (Å²) in [6.07, 6.45) is 3.00. The van der Waals surface area contributed by atoms with Gasteiger partial charge in [0.2, 0.25) is 0 Å². The highest BCUT2D eigenvalue weighted by Crippen LogP contribution is 2.15. The Kier molecular flexibility index (Phi) is 5.01. The van der Waals surface area contributed by atoms with Gasteiger partial charge in [0.25, 0.3) is 0 Å². The third-order valence-corrected chi connectivity index (χ3v) is 2.27. The van der Waals surface area contributed by atoms with E-state index in [0.29, 0.717) is 6.04 Å². The Balaban J connectivity index is 3.56. The average molecular weight is 155 g/mol. The summed E-state index contributed by atoms with van der Waals surface area (Å²) in [6, 6.07) is 0.560. The van der Waals surface area contributed by atoms with Gasteiger partial charge in [0.15, 0.2) is 0 Å². The zero-order valence-corrected chi connectivity index (χ0v) is 8.22. The van der Waals surface area contributed by atoms with Crippen molar-refractivity contribution in [1.82, 2.24) is 5.32 Å². The van der Waals surface area contributed by atoms with E-state index in [1.165, 1.54) is 6.42 Å². The molecule has 0 bridgehead atoms. The lowest BCUT2D eigenvalue weighted by Crippen LogP contribution is -2.24. The molecule has 11 heavy (non-hydrogen) atoms. The van der Waals surface area contributed by atoms with Crippen LogP contribution in [0.15, 0.2) is 12.8 Å². The van der Waals surface area contributed by atoms with E-state index in [0.717, 1.165) is 11.8 Å². The van der Waals surface area contributed by atoms with Crippen molar-refractivity contribution in [3.05, 3.63) is 12.8 Å². The minimum absolute atomic E-state index is 0.560. The minimum Gasteiger partial charge on any atom is -0.389 e. The van der Waals surface area contributed by atoms with Crippen molar-refractivity contribution in [2.24, 2.45) is 11.8 Å². The fourth-order valence-corrected chi connectivity index (χ4v) is 1.10. The van der Waals surface area contributed by atoms with Crippen LogP contribution in [0.1, 0.15) is 34.1 Å². The zero-order valence-electron chi connectivity index (χ0n) is 8.22. The van der Waals surface area contributed by atoms with Gasteiger partial charge in [-0.15, -0.1) is 0 Å². The summed E-state index contributed by atoms with van der Waals surface area (Å²) >= 11 is 0. The van der Waals surface area contributed by atoms with Crippen molar-refractivity contribution < 1.29 is 0 Å². The van der Waals surface area contributed by atoms with Crippen LogP contribution in [0.3, 0.4) is 0 Å². The molecule has 0 amide bonds. The molecule has 1 nitrogen and oxygen atoms in total. The lowest BCUT2D eigenvalue weighted by molar-refractivity contribution is 0.354. The van der Waals surface area contributed by atoms with Crippen LogP contribution in [0.25, 0.3) is 0 Å². The van der Waals surface area contributed by atoms with Gasteiger partial charge in [-0.2, -0.15) is 0 Å². The molecule has 0 radical (unpaired) electrons. The molecule has 0 aromatic rings. The summed E-state index contributed by atoms with van der Waals surface area (Å²) in [4.78, 5) is 0. The number of rotatable bonds is 5. The maximum absolute atomic E-state index is 3.64. The van der Waals surface area contributed by atoms with E-state index in [4.69, 9.17) is 0 Å². The van der Waals surface area contributed by atoms with Crippen molar-refractivity contribution in [2.75, 3.05) is 0 Å². The summed E-state index contributed by atoms with van der Waals surface area (Å²) in [5.41, 5.74) is 0. The van der Waals surface area contributed by atoms with Crippen molar-refractivity contribution in [2.45, 2.75) is 40.2 Å². The Hall–Kier alpha value is -0.460. The van der Waals surface area contributed by atoms with Gasteiger partial charge in [0.1, 0.15) is 0 Å². The number of hydrogen-bond donors (Lipinski definition) is 1. The number of nitrogens with one attached hydrogen (secondary N) is 1. The fourth-order valence-electron chi connectivity index (χ4n) is 1.10. The predicted molar refractivity (Wildman–Crippen MR) is 51.4 cm³/mol. The molecule has 0 rings (SSSR count). The largest absolute Gasteiger partial charge is 0.389 e. The highest BCUT2D eigenvalue weighted by molar-refractivity contribution is 4.73. The molecule has 0 aromatic carbocycles. The number of hydrogen-bond acceptors (Lipinski definition) is 1. The van der Waals surface area contributed by atoms with Crippen LogP contribution < -0.4 is 5.32 Å². The summed E-state index contributed by atoms with van der Waals surface area (Å²) in [7, 11) is 0. The van der Waals surface area contributed by atoms with Crippen LogP contribution >= 0.6 is 0 Å². The van der Waals surface area contributed by atoms with E-state index in [1.807, 2.05) is 0 Å². The Labute approximate surface area is 70.9 Å². The molecular formula is C10H21N. The van der Waals surface area contributed by atoms with Gasteiger partial charge >= 0.3 is 0 Å². The summed E-state index contributed by atoms with van der Waals surface area (Å²) in [5.74, 6) is 1.57. The highest BCUT2D eigenvalue weighted by Gasteiger charge is 2.10. The Morgan fingerprint density at radius 3 is 2.18 bits per heavy atom. The highest BCUT2D eigenvalue weighted by atomic mass is 14.9. The maximum Gasteiger partial charge on any atom is 0.0229 e. The van der Waals surface area contributed by atoms with E-state index in [-0.39, 0.29) is 0 Å². The minimum atomic E-state index is 0.560. The molecule has 0 aliphatic heterocycles. The zero-order chi connectivity index (χ0) is 8.85. The lowest BCUT2D eigenvalue weighted by atomic mass is 9.92. The molecule has 66 valence electrons. The van der Waals surface area contributed by atoms with Crippen LogP contribution in [-0.2, 0) is 0 Å². The van der Waals surface area contributed by atoms with Crippen LogP contribution in [-0.4, -0.2) is 6.04 Å². The Morgan fingerprint density at radius 1 is 1.27 bits per heavy atom. The molecule has 1 heteroatoms. The molecular weight excluding hydrogens is 134 g/mol. The standard InChI is InChI=1S/C10H21N/c1-6-11-10(5)7-9(4)8(2)3/h6,8-11H,1,7H2,2-5H3/t9-,10?/m1/s1. The molecule has 0 aliphatic carbocycles. The van der Waals surface area contributed by atoms with Gasteiger partial charge in [-0.05, 0) is 31.4 Å². The summed E-state index contributed by atoms with van der Waals surface area (Å²) < 4.78 is 0. The topological polar surface area (TPSA) is 12.0 Å². The first kappa shape index (κ1) is 10.5. The molecule has 0 aliphatic rings. The summed E-state index contributed by atoms with van der Waals surface area (Å²) in [5, 5.41) is 3.20. The van der Waals surface area contributed by atoms with Gasteiger partial charge in [0, 0.05) is 6.04 Å². The molecule has 1 N–H and O–H groups in total. The second-order valence-electron chi connectivity index (χ2n) is 3.73. The fraction of sp³-hybridized carbons (Fsp3) is 0.800. The van der Waals surface area contributed by atoms with Crippen molar-refractivity contribution in [3.63, 3.8) is 0 Å². The van der Waals surface area contributed by atoms with Gasteiger partial charge < -0.3 is 5.32 Å². The maximum atomic E-state index is 3.64. The SMILES string of the molecule is C=CNC(C)C[C@@H](C)C(C)C. The van der Waals surface area contributed by atoms with Gasteiger partial charge in [-0.3, -0.25) is 0 Å². The quantitative estimate of drug-likeness (QED) is 0.643. The molecule has 0 heterocycles. The monoisotopic (exact) mass is 155 g/mol. The first-order chi connectivity index (χ1) is 5.07. The lowest BCUT2D eigenvalue weighted by Gasteiger charge is -2.20. The molecule has 0 saturated carbocycles. The third-order valence-electron chi connectivity index (χ3n) is 2.27. The van der Waals surface area contributed by atoms with Crippen molar-refractivity contribution in [1.29, 1.82) is 0 Å². The normalized spacial score (nSPS) is 16.1. The third kappa shape index (κ3) is 4.88. The summed E-state index contributed by atoms with van der Waals surface area (Å²) in [6.45, 7) is 12.7. The first-order valence-corrected chi connectivity index (χ1v) is 4.44. The average Bonchev–Trinajstić information content (AvgIpc) is 1.87. The van der Waals surface area contributed by atoms with E-state index in [2.05, 4.69) is 39.6 Å². The van der Waals surface area contributed by atoms with Crippen molar-refractivity contribution >= 4 is 0 Å². The van der Waals surface area contributed by atoms with Gasteiger partial charge in [-0.25, -0.2) is 0 Å². The molecule has 0 spiro atoms. The van der Waals surface area contributed by atoms with E-state index in [1.54, 1.807) is 6.20 Å². The van der Waals surface area contributed by atoms with Crippen molar-refractivity contribution in [3.8, 4) is 0 Å². The van der Waals surface area contributed by atoms with E-state index in [9.17, 15) is 0 Å².